The Bertz CT molecular complexity index is 761. The smallest absolute Gasteiger partial charge is 0.435 e. The number of anilines is 1. The summed E-state index contributed by atoms with van der Waals surface area (Å²) in [5, 5.41) is 5.67. The summed E-state index contributed by atoms with van der Waals surface area (Å²) in [6, 6.07) is 4.49. The molecule has 0 fully saturated rings. The van der Waals surface area contributed by atoms with Crippen molar-refractivity contribution in [3.63, 3.8) is 0 Å². The largest absolute Gasteiger partial charge is 0.490 e. The number of carbonyl (C=O) groups excluding carboxylic acids is 1. The van der Waals surface area contributed by atoms with E-state index in [1.54, 1.807) is 6.92 Å². The third-order valence-corrected chi connectivity index (χ3v) is 2.98. The Labute approximate surface area is 144 Å². The fourth-order valence-electron chi connectivity index (χ4n) is 2.00. The fraction of sp³-hybridized carbons (Fsp3) is 0.333. The molecule has 1 aromatic carbocycles. The summed E-state index contributed by atoms with van der Waals surface area (Å²) in [4.78, 5) is 11.9. The quantitative estimate of drug-likeness (QED) is 0.748. The minimum absolute atomic E-state index is 0.0101. The van der Waals surface area contributed by atoms with Gasteiger partial charge in [-0.15, -0.1) is 0 Å². The molecule has 0 unspecified atom stereocenters. The predicted octanol–water partition coefficient (Wildman–Crippen LogP) is 3.54. The third kappa shape index (κ3) is 5.33. The second kappa shape index (κ2) is 8.02. The number of aromatic nitrogens is 2. The highest BCUT2D eigenvalue weighted by Gasteiger charge is 2.33. The van der Waals surface area contributed by atoms with Gasteiger partial charge in [0.1, 0.15) is 6.54 Å². The molecule has 6 nitrogen and oxygen atoms in total. The normalized spacial score (nSPS) is 11.5. The van der Waals surface area contributed by atoms with Crippen molar-refractivity contribution >= 4 is 11.6 Å². The monoisotopic (exact) mass is 379 g/mol. The fourth-order valence-corrected chi connectivity index (χ4v) is 2.00. The maximum atomic E-state index is 12.5. The number of alkyl halides is 5. The molecule has 0 bridgehead atoms. The molecule has 1 N–H and O–H groups in total. The Balaban J connectivity index is 2.06. The SMILES string of the molecule is CCOc1cc(NC(=O)Cn2ccc(C(F)(F)F)n2)ccc1OC(F)F. The Kier molecular flexibility index (Phi) is 6.01. The van der Waals surface area contributed by atoms with E-state index >= 15 is 0 Å². The molecule has 0 atom stereocenters. The highest BCUT2D eigenvalue weighted by atomic mass is 19.4. The Hall–Kier alpha value is -2.85. The van der Waals surface area contributed by atoms with Gasteiger partial charge in [0.05, 0.1) is 6.61 Å². The highest BCUT2D eigenvalue weighted by Crippen LogP contribution is 2.32. The van der Waals surface area contributed by atoms with E-state index in [1.807, 2.05) is 0 Å². The molecule has 1 aromatic heterocycles. The van der Waals surface area contributed by atoms with Crippen LogP contribution in [0.1, 0.15) is 12.6 Å². The van der Waals surface area contributed by atoms with Crippen molar-refractivity contribution in [2.75, 3.05) is 11.9 Å². The van der Waals surface area contributed by atoms with Crippen LogP contribution in [0, 0.1) is 0 Å². The van der Waals surface area contributed by atoms with Gasteiger partial charge in [-0.3, -0.25) is 9.48 Å². The molecule has 142 valence electrons. The number of nitrogens with zero attached hydrogens (tertiary/aromatic N) is 2. The second-order valence-corrected chi connectivity index (χ2v) is 4.92. The summed E-state index contributed by atoms with van der Waals surface area (Å²) in [6.07, 6.45) is -3.58. The molecule has 1 heterocycles. The van der Waals surface area contributed by atoms with Crippen LogP contribution in [0.5, 0.6) is 11.5 Å². The summed E-state index contributed by atoms with van der Waals surface area (Å²) in [6.45, 7) is -1.70. The molecule has 0 aliphatic rings. The summed E-state index contributed by atoms with van der Waals surface area (Å²) < 4.78 is 72.4. The summed E-state index contributed by atoms with van der Waals surface area (Å²) in [7, 11) is 0. The number of ether oxygens (including phenoxy) is 2. The number of rotatable bonds is 7. The summed E-state index contributed by atoms with van der Waals surface area (Å²) >= 11 is 0. The van der Waals surface area contributed by atoms with Gasteiger partial charge in [-0.2, -0.15) is 27.1 Å². The average Bonchev–Trinajstić information content (AvgIpc) is 2.98. The Morgan fingerprint density at radius 3 is 2.58 bits per heavy atom. The molecule has 11 heteroatoms. The number of hydrogen-bond acceptors (Lipinski definition) is 4. The second-order valence-electron chi connectivity index (χ2n) is 4.92. The lowest BCUT2D eigenvalue weighted by Crippen LogP contribution is -2.20. The maximum Gasteiger partial charge on any atom is 0.435 e. The van der Waals surface area contributed by atoms with Crippen LogP contribution in [0.2, 0.25) is 0 Å². The van der Waals surface area contributed by atoms with Gasteiger partial charge in [-0.1, -0.05) is 0 Å². The van der Waals surface area contributed by atoms with Crippen LogP contribution in [0.15, 0.2) is 30.5 Å². The van der Waals surface area contributed by atoms with Gasteiger partial charge in [0, 0.05) is 18.0 Å². The molecule has 26 heavy (non-hydrogen) atoms. The molecular formula is C15H14F5N3O3. The summed E-state index contributed by atoms with van der Waals surface area (Å²) in [5.41, 5.74) is -0.916. The number of benzene rings is 1. The van der Waals surface area contributed by atoms with Gasteiger partial charge in [-0.25, -0.2) is 0 Å². The van der Waals surface area contributed by atoms with E-state index in [2.05, 4.69) is 15.2 Å². The maximum absolute atomic E-state index is 12.5. The zero-order chi connectivity index (χ0) is 19.3. The number of halogens is 5. The van der Waals surface area contributed by atoms with Crippen LogP contribution in [0.3, 0.4) is 0 Å². The van der Waals surface area contributed by atoms with Crippen LogP contribution < -0.4 is 14.8 Å². The highest BCUT2D eigenvalue weighted by molar-refractivity contribution is 5.90. The van der Waals surface area contributed by atoms with Crippen molar-refractivity contribution in [3.8, 4) is 11.5 Å². The molecule has 0 saturated carbocycles. The first-order valence-electron chi connectivity index (χ1n) is 7.31. The van der Waals surface area contributed by atoms with Crippen molar-refractivity contribution in [2.45, 2.75) is 26.3 Å². The zero-order valence-electron chi connectivity index (χ0n) is 13.4. The van der Waals surface area contributed by atoms with Crippen LogP contribution in [0.4, 0.5) is 27.6 Å². The minimum atomic E-state index is -4.60. The van der Waals surface area contributed by atoms with Gasteiger partial charge in [0.15, 0.2) is 17.2 Å². The zero-order valence-corrected chi connectivity index (χ0v) is 13.4. The first-order valence-corrected chi connectivity index (χ1v) is 7.31. The molecule has 0 aliphatic heterocycles. The molecular weight excluding hydrogens is 365 g/mol. The van der Waals surface area contributed by atoms with Gasteiger partial charge in [0.2, 0.25) is 5.91 Å². The Morgan fingerprint density at radius 2 is 2.00 bits per heavy atom. The predicted molar refractivity (Wildman–Crippen MR) is 80.1 cm³/mol. The number of carbonyl (C=O) groups is 1. The van der Waals surface area contributed by atoms with E-state index in [1.165, 1.54) is 18.2 Å². The van der Waals surface area contributed by atoms with Gasteiger partial charge in [0.25, 0.3) is 0 Å². The van der Waals surface area contributed by atoms with E-state index in [9.17, 15) is 26.7 Å². The molecule has 0 aliphatic carbocycles. The van der Waals surface area contributed by atoms with Crippen LogP contribution in [0.25, 0.3) is 0 Å². The first kappa shape index (κ1) is 19.5. The van der Waals surface area contributed by atoms with E-state index < -0.39 is 30.9 Å². The molecule has 2 rings (SSSR count). The van der Waals surface area contributed by atoms with Gasteiger partial charge in [-0.05, 0) is 25.1 Å². The van der Waals surface area contributed by atoms with Crippen molar-refractivity contribution in [2.24, 2.45) is 0 Å². The van der Waals surface area contributed by atoms with E-state index in [0.717, 1.165) is 16.9 Å². The molecule has 2 aromatic rings. The lowest BCUT2D eigenvalue weighted by atomic mass is 10.2. The van der Waals surface area contributed by atoms with Crippen molar-refractivity contribution in [3.05, 3.63) is 36.2 Å². The summed E-state index contributed by atoms with van der Waals surface area (Å²) in [5.74, 6) is -0.877. The standard InChI is InChI=1S/C15H14F5N3O3/c1-2-25-11-7-9(3-4-10(11)26-14(16)17)21-13(24)8-23-6-5-12(22-23)15(18,19)20/h3-7,14H,2,8H2,1H3,(H,21,24). The average molecular weight is 379 g/mol. The van der Waals surface area contributed by atoms with Gasteiger partial charge < -0.3 is 14.8 Å². The lowest BCUT2D eigenvalue weighted by molar-refractivity contribution is -0.141. The van der Waals surface area contributed by atoms with Crippen LogP contribution >= 0.6 is 0 Å². The van der Waals surface area contributed by atoms with E-state index in [4.69, 9.17) is 4.74 Å². The first-order chi connectivity index (χ1) is 12.2. The van der Waals surface area contributed by atoms with E-state index in [0.29, 0.717) is 0 Å². The van der Waals surface area contributed by atoms with Gasteiger partial charge >= 0.3 is 12.8 Å². The van der Waals surface area contributed by atoms with E-state index in [-0.39, 0.29) is 23.8 Å². The van der Waals surface area contributed by atoms with Crippen LogP contribution in [-0.4, -0.2) is 28.9 Å². The molecule has 1 amide bonds. The third-order valence-electron chi connectivity index (χ3n) is 2.98. The molecule has 0 radical (unpaired) electrons. The molecule has 0 spiro atoms. The van der Waals surface area contributed by atoms with Crippen molar-refractivity contribution in [1.82, 2.24) is 9.78 Å². The number of hydrogen-bond donors (Lipinski definition) is 1. The Morgan fingerprint density at radius 1 is 1.27 bits per heavy atom. The number of amides is 1. The number of nitrogens with one attached hydrogen (secondary N) is 1. The van der Waals surface area contributed by atoms with Crippen molar-refractivity contribution < 1.29 is 36.2 Å². The molecule has 0 saturated heterocycles. The minimum Gasteiger partial charge on any atom is -0.490 e. The van der Waals surface area contributed by atoms with Crippen molar-refractivity contribution in [1.29, 1.82) is 0 Å². The lowest BCUT2D eigenvalue weighted by Gasteiger charge is -2.13. The van der Waals surface area contributed by atoms with Crippen LogP contribution in [-0.2, 0) is 17.5 Å². The topological polar surface area (TPSA) is 65.4 Å².